The van der Waals surface area contributed by atoms with Crippen molar-refractivity contribution in [2.24, 2.45) is 0 Å². The number of amides is 2. The molecule has 2 heterocycles. The van der Waals surface area contributed by atoms with E-state index in [2.05, 4.69) is 15.7 Å². The summed E-state index contributed by atoms with van der Waals surface area (Å²) in [6.07, 6.45) is 3.68. The molecule has 1 aliphatic rings. The fourth-order valence-corrected chi connectivity index (χ4v) is 3.85. The molecule has 0 atom stereocenters. The Morgan fingerprint density at radius 3 is 2.94 bits per heavy atom. The number of hydrogen-bond acceptors (Lipinski definition) is 4. The second-order valence-corrected chi connectivity index (χ2v) is 8.24. The molecule has 1 aliphatic heterocycles. The van der Waals surface area contributed by atoms with Gasteiger partial charge in [-0.25, -0.2) is 4.68 Å². The molecule has 32 heavy (non-hydrogen) atoms. The molecule has 1 aromatic heterocycles. The molecule has 2 aromatic carbocycles. The van der Waals surface area contributed by atoms with Crippen molar-refractivity contribution in [3.8, 4) is 5.75 Å². The van der Waals surface area contributed by atoms with Crippen molar-refractivity contribution < 1.29 is 14.3 Å². The highest BCUT2D eigenvalue weighted by Gasteiger charge is 2.15. The molecule has 0 aliphatic carbocycles. The first-order valence-electron chi connectivity index (χ1n) is 10.3. The quantitative estimate of drug-likeness (QED) is 0.455. The third-order valence-electron chi connectivity index (χ3n) is 5.12. The van der Waals surface area contributed by atoms with E-state index in [-0.39, 0.29) is 11.8 Å². The summed E-state index contributed by atoms with van der Waals surface area (Å²) in [6.45, 7) is 0.805. The lowest BCUT2D eigenvalue weighted by Crippen LogP contribution is -2.19. The van der Waals surface area contributed by atoms with Gasteiger partial charge >= 0.3 is 0 Å². The van der Waals surface area contributed by atoms with Gasteiger partial charge in [-0.3, -0.25) is 9.59 Å². The summed E-state index contributed by atoms with van der Waals surface area (Å²) in [6, 6.07) is 12.8. The molecule has 9 heteroatoms. The molecule has 0 unspecified atom stereocenters. The number of carbonyl (C=O) groups is 2. The number of nitrogens with one attached hydrogen (secondary N) is 2. The smallest absolute Gasteiger partial charge is 0.225 e. The molecule has 3 aromatic rings. The maximum atomic E-state index is 12.4. The van der Waals surface area contributed by atoms with E-state index < -0.39 is 0 Å². The second kappa shape index (κ2) is 10.1. The largest absolute Gasteiger partial charge is 0.494 e. The van der Waals surface area contributed by atoms with Crippen LogP contribution in [-0.4, -0.2) is 28.2 Å². The lowest BCUT2D eigenvalue weighted by atomic mass is 10.0. The minimum absolute atomic E-state index is 0.0363. The third kappa shape index (κ3) is 5.41. The monoisotopic (exact) mass is 472 g/mol. The number of aromatic nitrogens is 2. The van der Waals surface area contributed by atoms with Gasteiger partial charge in [-0.05, 0) is 48.2 Å². The minimum atomic E-state index is -0.124. The molecule has 0 fully saturated rings. The van der Waals surface area contributed by atoms with Crippen LogP contribution in [0.25, 0.3) is 0 Å². The zero-order chi connectivity index (χ0) is 22.5. The number of anilines is 2. The maximum Gasteiger partial charge on any atom is 0.225 e. The first kappa shape index (κ1) is 22.2. The standard InChI is InChI=1S/C23H22Cl2N4O3/c24-18-4-1-3-16(23(18)25)14-29-20(10-11-26-29)28-21(30)5-2-12-32-17-7-8-19-15(13-17)6-9-22(31)27-19/h1,3-4,7-8,10-11,13H,2,5-6,9,12,14H2,(H,27,31)(H,28,30). The van der Waals surface area contributed by atoms with Crippen molar-refractivity contribution in [1.82, 2.24) is 9.78 Å². The van der Waals surface area contributed by atoms with Crippen LogP contribution in [0.15, 0.2) is 48.7 Å². The summed E-state index contributed by atoms with van der Waals surface area (Å²) in [7, 11) is 0. The summed E-state index contributed by atoms with van der Waals surface area (Å²) >= 11 is 12.3. The van der Waals surface area contributed by atoms with Crippen LogP contribution in [0.1, 0.15) is 30.4 Å². The van der Waals surface area contributed by atoms with Crippen molar-refractivity contribution in [3.05, 3.63) is 69.8 Å². The molecular formula is C23H22Cl2N4O3. The van der Waals surface area contributed by atoms with E-state index in [0.29, 0.717) is 54.7 Å². The Morgan fingerprint density at radius 2 is 2.06 bits per heavy atom. The molecule has 0 radical (unpaired) electrons. The summed E-state index contributed by atoms with van der Waals surface area (Å²) in [5, 5.41) is 10.9. The van der Waals surface area contributed by atoms with Gasteiger partial charge < -0.3 is 15.4 Å². The average molecular weight is 473 g/mol. The molecule has 7 nitrogen and oxygen atoms in total. The molecule has 0 spiro atoms. The number of ether oxygens (including phenoxy) is 1. The highest BCUT2D eigenvalue weighted by molar-refractivity contribution is 6.42. The van der Waals surface area contributed by atoms with Gasteiger partial charge in [-0.2, -0.15) is 5.10 Å². The fourth-order valence-electron chi connectivity index (χ4n) is 3.47. The second-order valence-electron chi connectivity index (χ2n) is 7.45. The van der Waals surface area contributed by atoms with Gasteiger partial charge in [0.2, 0.25) is 11.8 Å². The Kier molecular flexibility index (Phi) is 6.97. The van der Waals surface area contributed by atoms with Crippen LogP contribution in [0, 0.1) is 0 Å². The van der Waals surface area contributed by atoms with Gasteiger partial charge in [0.05, 0.1) is 29.4 Å². The van der Waals surface area contributed by atoms with Gasteiger partial charge in [-0.1, -0.05) is 35.3 Å². The van der Waals surface area contributed by atoms with Crippen LogP contribution in [-0.2, 0) is 22.6 Å². The molecule has 0 saturated heterocycles. The maximum absolute atomic E-state index is 12.4. The third-order valence-corrected chi connectivity index (χ3v) is 5.98. The van der Waals surface area contributed by atoms with Crippen molar-refractivity contribution >= 4 is 46.5 Å². The highest BCUT2D eigenvalue weighted by atomic mass is 35.5. The lowest BCUT2D eigenvalue weighted by molar-refractivity contribution is -0.117. The fraction of sp³-hybridized carbons (Fsp3) is 0.261. The lowest BCUT2D eigenvalue weighted by Gasteiger charge is -2.17. The van der Waals surface area contributed by atoms with Crippen LogP contribution in [0.5, 0.6) is 5.75 Å². The predicted octanol–water partition coefficient (Wildman–Crippen LogP) is 4.92. The summed E-state index contributed by atoms with van der Waals surface area (Å²) < 4.78 is 7.44. The Balaban J connectivity index is 1.25. The first-order chi connectivity index (χ1) is 15.5. The molecule has 2 amide bonds. The van der Waals surface area contributed by atoms with E-state index in [0.717, 1.165) is 22.6 Å². The van der Waals surface area contributed by atoms with Crippen LogP contribution in [0.2, 0.25) is 10.0 Å². The molecular weight excluding hydrogens is 451 g/mol. The number of halogens is 2. The summed E-state index contributed by atoms with van der Waals surface area (Å²) in [5.74, 6) is 1.23. The van der Waals surface area contributed by atoms with E-state index in [1.807, 2.05) is 30.3 Å². The molecule has 166 valence electrons. The first-order valence-corrected chi connectivity index (χ1v) is 11.1. The van der Waals surface area contributed by atoms with Crippen molar-refractivity contribution in [2.45, 2.75) is 32.2 Å². The molecule has 4 rings (SSSR count). The molecule has 0 bridgehead atoms. The summed E-state index contributed by atoms with van der Waals surface area (Å²) in [5.41, 5.74) is 2.72. The van der Waals surface area contributed by atoms with E-state index in [1.54, 1.807) is 23.0 Å². The Morgan fingerprint density at radius 1 is 1.19 bits per heavy atom. The minimum Gasteiger partial charge on any atom is -0.494 e. The van der Waals surface area contributed by atoms with Crippen molar-refractivity contribution in [2.75, 3.05) is 17.2 Å². The Hall–Kier alpha value is -3.03. The average Bonchev–Trinajstić information content (AvgIpc) is 3.21. The highest BCUT2D eigenvalue weighted by Crippen LogP contribution is 2.28. The number of rotatable bonds is 8. The number of carbonyl (C=O) groups excluding carboxylic acids is 2. The van der Waals surface area contributed by atoms with Gasteiger partial charge in [0.15, 0.2) is 0 Å². The van der Waals surface area contributed by atoms with Crippen LogP contribution in [0.3, 0.4) is 0 Å². The van der Waals surface area contributed by atoms with Gasteiger partial charge in [0.25, 0.3) is 0 Å². The topological polar surface area (TPSA) is 85.2 Å². The van der Waals surface area contributed by atoms with Crippen LogP contribution in [0.4, 0.5) is 11.5 Å². The van der Waals surface area contributed by atoms with E-state index in [1.165, 1.54) is 0 Å². The van der Waals surface area contributed by atoms with Gasteiger partial charge in [-0.15, -0.1) is 0 Å². The predicted molar refractivity (Wildman–Crippen MR) is 125 cm³/mol. The van der Waals surface area contributed by atoms with Crippen molar-refractivity contribution in [3.63, 3.8) is 0 Å². The number of nitrogens with zero attached hydrogens (tertiary/aromatic N) is 2. The van der Waals surface area contributed by atoms with Crippen LogP contribution >= 0.6 is 23.2 Å². The number of fused-ring (bicyclic) bond motifs is 1. The number of aryl methyl sites for hydroxylation is 1. The van der Waals surface area contributed by atoms with E-state index in [4.69, 9.17) is 27.9 Å². The van der Waals surface area contributed by atoms with E-state index in [9.17, 15) is 9.59 Å². The Labute approximate surface area is 195 Å². The molecule has 0 saturated carbocycles. The Bertz CT molecular complexity index is 1150. The van der Waals surface area contributed by atoms with E-state index >= 15 is 0 Å². The SMILES string of the molecule is O=C1CCc2cc(OCCCC(=O)Nc3ccnn3Cc3cccc(Cl)c3Cl)ccc2N1. The molecule has 2 N–H and O–H groups in total. The normalized spacial score (nSPS) is 12.8. The van der Waals surface area contributed by atoms with Gasteiger partial charge in [0, 0.05) is 24.6 Å². The van der Waals surface area contributed by atoms with Gasteiger partial charge in [0.1, 0.15) is 11.6 Å². The number of benzene rings is 2. The zero-order valence-electron chi connectivity index (χ0n) is 17.2. The van der Waals surface area contributed by atoms with Crippen LogP contribution < -0.4 is 15.4 Å². The number of hydrogen-bond donors (Lipinski definition) is 2. The summed E-state index contributed by atoms with van der Waals surface area (Å²) in [4.78, 5) is 23.8. The zero-order valence-corrected chi connectivity index (χ0v) is 18.7. The van der Waals surface area contributed by atoms with Crippen molar-refractivity contribution in [1.29, 1.82) is 0 Å².